The molecule has 1 aromatic carbocycles. The maximum Gasteiger partial charge on any atom is 0.0705 e. The number of nitrogens with zero attached hydrogens (tertiary/aromatic N) is 1. The SMILES string of the molecule is NC(c1ccc2cccnc2c1)c1cc2c(s1)CCCC2. The van der Waals surface area contributed by atoms with Gasteiger partial charge in [0.25, 0.3) is 0 Å². The maximum atomic E-state index is 6.50. The number of benzene rings is 1. The number of hydrogen-bond acceptors (Lipinski definition) is 3. The highest BCUT2D eigenvalue weighted by molar-refractivity contribution is 7.12. The van der Waals surface area contributed by atoms with Crippen LogP contribution in [0.25, 0.3) is 10.9 Å². The van der Waals surface area contributed by atoms with Crippen LogP contribution in [0, 0.1) is 0 Å². The van der Waals surface area contributed by atoms with Gasteiger partial charge in [0.05, 0.1) is 11.6 Å². The molecule has 2 nitrogen and oxygen atoms in total. The molecule has 0 saturated heterocycles. The molecule has 3 aromatic rings. The van der Waals surface area contributed by atoms with Crippen LogP contribution in [0.1, 0.15) is 39.8 Å². The van der Waals surface area contributed by atoms with E-state index in [-0.39, 0.29) is 6.04 Å². The molecule has 1 unspecified atom stereocenters. The van der Waals surface area contributed by atoms with Crippen LogP contribution >= 0.6 is 11.3 Å². The first-order valence-electron chi connectivity index (χ1n) is 7.53. The number of nitrogens with two attached hydrogens (primary N) is 1. The van der Waals surface area contributed by atoms with Crippen LogP contribution in [0.5, 0.6) is 0 Å². The zero-order chi connectivity index (χ0) is 14.2. The largest absolute Gasteiger partial charge is 0.320 e. The lowest BCUT2D eigenvalue weighted by Gasteiger charge is -2.10. The Morgan fingerprint density at radius 2 is 2.00 bits per heavy atom. The molecule has 0 radical (unpaired) electrons. The topological polar surface area (TPSA) is 38.9 Å². The van der Waals surface area contributed by atoms with Crippen molar-refractivity contribution < 1.29 is 0 Å². The van der Waals surface area contributed by atoms with Crippen LogP contribution in [0.2, 0.25) is 0 Å². The Balaban J connectivity index is 1.71. The van der Waals surface area contributed by atoms with Gasteiger partial charge in [-0.25, -0.2) is 0 Å². The van der Waals surface area contributed by atoms with Crippen molar-refractivity contribution in [3.05, 3.63) is 63.5 Å². The van der Waals surface area contributed by atoms with E-state index in [1.54, 1.807) is 4.88 Å². The summed E-state index contributed by atoms with van der Waals surface area (Å²) >= 11 is 1.90. The molecular formula is C18H18N2S. The van der Waals surface area contributed by atoms with Crippen molar-refractivity contribution in [1.29, 1.82) is 0 Å². The number of aromatic nitrogens is 1. The van der Waals surface area contributed by atoms with Crippen molar-refractivity contribution in [3.63, 3.8) is 0 Å². The molecule has 0 aliphatic heterocycles. The van der Waals surface area contributed by atoms with Crippen LogP contribution in [-0.2, 0) is 12.8 Å². The molecule has 0 fully saturated rings. The normalized spacial score (nSPS) is 15.9. The number of hydrogen-bond donors (Lipinski definition) is 1. The molecule has 2 heterocycles. The lowest BCUT2D eigenvalue weighted by atomic mass is 9.97. The van der Waals surface area contributed by atoms with Crippen molar-refractivity contribution in [2.75, 3.05) is 0 Å². The summed E-state index contributed by atoms with van der Waals surface area (Å²) in [7, 11) is 0. The van der Waals surface area contributed by atoms with E-state index in [1.807, 2.05) is 23.6 Å². The molecule has 1 atom stereocenters. The number of fused-ring (bicyclic) bond motifs is 2. The van der Waals surface area contributed by atoms with Gasteiger partial charge in [-0.1, -0.05) is 18.2 Å². The van der Waals surface area contributed by atoms with Gasteiger partial charge in [-0.15, -0.1) is 11.3 Å². The van der Waals surface area contributed by atoms with Crippen LogP contribution in [0.4, 0.5) is 0 Å². The van der Waals surface area contributed by atoms with Gasteiger partial charge in [0, 0.05) is 21.3 Å². The average molecular weight is 294 g/mol. The molecule has 4 rings (SSSR count). The molecule has 1 aliphatic carbocycles. The van der Waals surface area contributed by atoms with Gasteiger partial charge in [-0.3, -0.25) is 4.98 Å². The molecule has 0 amide bonds. The fourth-order valence-corrected chi connectivity index (χ4v) is 4.40. The predicted molar refractivity (Wildman–Crippen MR) is 88.7 cm³/mol. The van der Waals surface area contributed by atoms with E-state index in [2.05, 4.69) is 35.3 Å². The summed E-state index contributed by atoms with van der Waals surface area (Å²) in [5.74, 6) is 0. The Morgan fingerprint density at radius 3 is 2.90 bits per heavy atom. The van der Waals surface area contributed by atoms with Crippen molar-refractivity contribution in [1.82, 2.24) is 4.98 Å². The Hall–Kier alpha value is -1.71. The zero-order valence-corrected chi connectivity index (χ0v) is 12.7. The molecule has 0 spiro atoms. The molecule has 2 aromatic heterocycles. The number of rotatable bonds is 2. The Labute approximate surface area is 128 Å². The molecule has 21 heavy (non-hydrogen) atoms. The van der Waals surface area contributed by atoms with E-state index in [9.17, 15) is 0 Å². The third-order valence-corrected chi connectivity index (χ3v) is 5.63. The van der Waals surface area contributed by atoms with Crippen molar-refractivity contribution >= 4 is 22.2 Å². The number of thiophene rings is 1. The third-order valence-electron chi connectivity index (χ3n) is 4.31. The number of pyridine rings is 1. The monoisotopic (exact) mass is 294 g/mol. The van der Waals surface area contributed by atoms with E-state index >= 15 is 0 Å². The van der Waals surface area contributed by atoms with Crippen molar-refractivity contribution in [2.24, 2.45) is 5.73 Å². The Morgan fingerprint density at radius 1 is 1.10 bits per heavy atom. The smallest absolute Gasteiger partial charge is 0.0705 e. The molecule has 2 N–H and O–H groups in total. The standard InChI is InChI=1S/C18H18N2S/c19-18(17-11-13-4-1-2-6-16(13)21-17)14-8-7-12-5-3-9-20-15(12)10-14/h3,5,7-11,18H,1-2,4,6,19H2. The maximum absolute atomic E-state index is 6.50. The van der Waals surface area contributed by atoms with E-state index in [4.69, 9.17) is 5.73 Å². The first kappa shape index (κ1) is 13.0. The lowest BCUT2D eigenvalue weighted by molar-refractivity contribution is 0.696. The molecule has 0 bridgehead atoms. The Bertz CT molecular complexity index is 767. The summed E-state index contributed by atoms with van der Waals surface area (Å²) in [6.45, 7) is 0. The predicted octanol–water partition coefficient (Wildman–Crippen LogP) is 4.22. The summed E-state index contributed by atoms with van der Waals surface area (Å²) in [5.41, 5.74) is 10.2. The number of aryl methyl sites for hydroxylation is 2. The molecule has 106 valence electrons. The highest BCUT2D eigenvalue weighted by Gasteiger charge is 2.18. The second-order valence-electron chi connectivity index (χ2n) is 5.74. The molecule has 3 heteroatoms. The minimum atomic E-state index is -0.0352. The van der Waals surface area contributed by atoms with Crippen LogP contribution < -0.4 is 5.73 Å². The van der Waals surface area contributed by atoms with Gasteiger partial charge in [0.1, 0.15) is 0 Å². The van der Waals surface area contributed by atoms with E-state index in [0.717, 1.165) is 11.1 Å². The van der Waals surface area contributed by atoms with E-state index in [0.29, 0.717) is 0 Å². The van der Waals surface area contributed by atoms with E-state index < -0.39 is 0 Å². The quantitative estimate of drug-likeness (QED) is 0.768. The highest BCUT2D eigenvalue weighted by atomic mass is 32.1. The van der Waals surface area contributed by atoms with Gasteiger partial charge < -0.3 is 5.73 Å². The first-order valence-corrected chi connectivity index (χ1v) is 8.35. The second-order valence-corrected chi connectivity index (χ2v) is 6.91. The minimum absolute atomic E-state index is 0.0352. The van der Waals surface area contributed by atoms with Crippen molar-refractivity contribution in [3.8, 4) is 0 Å². The molecule has 1 aliphatic rings. The van der Waals surface area contributed by atoms with Gasteiger partial charge >= 0.3 is 0 Å². The van der Waals surface area contributed by atoms with E-state index in [1.165, 1.54) is 41.5 Å². The average Bonchev–Trinajstić information content (AvgIpc) is 2.97. The Kier molecular flexibility index (Phi) is 3.24. The summed E-state index contributed by atoms with van der Waals surface area (Å²) in [4.78, 5) is 7.27. The van der Waals surface area contributed by atoms with Crippen LogP contribution in [0.15, 0.2) is 42.6 Å². The third kappa shape index (κ3) is 2.37. The van der Waals surface area contributed by atoms with Gasteiger partial charge in [-0.2, -0.15) is 0 Å². The van der Waals surface area contributed by atoms with Crippen LogP contribution in [-0.4, -0.2) is 4.98 Å². The van der Waals surface area contributed by atoms with Crippen molar-refractivity contribution in [2.45, 2.75) is 31.7 Å². The first-order chi connectivity index (χ1) is 10.3. The fraction of sp³-hybridized carbons (Fsp3) is 0.278. The van der Waals surface area contributed by atoms with Crippen LogP contribution in [0.3, 0.4) is 0 Å². The minimum Gasteiger partial charge on any atom is -0.320 e. The molecular weight excluding hydrogens is 276 g/mol. The summed E-state index contributed by atoms with van der Waals surface area (Å²) in [5, 5.41) is 1.17. The lowest BCUT2D eigenvalue weighted by Crippen LogP contribution is -2.10. The summed E-state index contributed by atoms with van der Waals surface area (Å²) in [6, 6.07) is 12.7. The summed E-state index contributed by atoms with van der Waals surface area (Å²) in [6.07, 6.45) is 6.92. The van der Waals surface area contributed by atoms with Gasteiger partial charge in [0.15, 0.2) is 0 Å². The van der Waals surface area contributed by atoms with Gasteiger partial charge in [0.2, 0.25) is 0 Å². The second kappa shape index (κ2) is 5.24. The fourth-order valence-electron chi connectivity index (χ4n) is 3.11. The highest BCUT2D eigenvalue weighted by Crippen LogP contribution is 2.34. The zero-order valence-electron chi connectivity index (χ0n) is 11.9. The summed E-state index contributed by atoms with van der Waals surface area (Å²) < 4.78 is 0. The van der Waals surface area contributed by atoms with Gasteiger partial charge in [-0.05, 0) is 55.0 Å². The molecule has 0 saturated carbocycles.